The van der Waals surface area contributed by atoms with Crippen LogP contribution < -0.4 is 10.6 Å². The lowest BCUT2D eigenvalue weighted by Crippen LogP contribution is -2.25. The number of nitrogens with zero attached hydrogens (tertiary/aromatic N) is 2. The topological polar surface area (TPSA) is 84.0 Å². The Hall–Kier alpha value is -3.78. The van der Waals surface area contributed by atoms with Crippen LogP contribution in [0.15, 0.2) is 77.8 Å². The van der Waals surface area contributed by atoms with Crippen molar-refractivity contribution in [1.82, 2.24) is 15.5 Å². The van der Waals surface area contributed by atoms with Gasteiger partial charge in [0.05, 0.1) is 5.75 Å². The highest BCUT2D eigenvalue weighted by atomic mass is 32.2. The largest absolute Gasteiger partial charge is 0.349 e. The summed E-state index contributed by atoms with van der Waals surface area (Å²) in [6.07, 6.45) is 2.03. The molecule has 0 aliphatic heterocycles. The first kappa shape index (κ1) is 22.0. The number of aromatic nitrogens is 2. The van der Waals surface area contributed by atoms with Crippen molar-refractivity contribution in [2.45, 2.75) is 23.9 Å². The van der Waals surface area contributed by atoms with Crippen LogP contribution >= 0.6 is 11.8 Å². The number of amides is 2. The van der Waals surface area contributed by atoms with E-state index in [-0.39, 0.29) is 29.4 Å². The van der Waals surface area contributed by atoms with Crippen molar-refractivity contribution in [2.75, 3.05) is 11.1 Å². The van der Waals surface area contributed by atoms with Gasteiger partial charge in [-0.15, -0.1) is 10.2 Å². The zero-order valence-corrected chi connectivity index (χ0v) is 18.9. The Balaban J connectivity index is 1.29. The van der Waals surface area contributed by atoms with Crippen molar-refractivity contribution in [3.8, 4) is 11.3 Å². The van der Waals surface area contributed by atoms with Crippen LogP contribution in [0.3, 0.4) is 0 Å². The number of rotatable bonds is 7. The van der Waals surface area contributed by atoms with E-state index in [1.54, 1.807) is 36.4 Å². The second-order valence-corrected chi connectivity index (χ2v) is 9.04. The van der Waals surface area contributed by atoms with Gasteiger partial charge in [-0.25, -0.2) is 4.39 Å². The summed E-state index contributed by atoms with van der Waals surface area (Å²) >= 11 is 1.29. The SMILES string of the molecule is O=C(CSc1nnc(-c2ccc(F)cc2)c2ccccc12)Nc1cccc(C(=O)NC2CC2)c1. The third kappa shape index (κ3) is 5.07. The molecule has 1 fully saturated rings. The number of nitrogens with one attached hydrogen (secondary N) is 2. The molecule has 3 aromatic carbocycles. The van der Waals surface area contributed by atoms with Crippen LogP contribution in [0.25, 0.3) is 22.0 Å². The molecule has 34 heavy (non-hydrogen) atoms. The van der Waals surface area contributed by atoms with E-state index in [0.29, 0.717) is 22.0 Å². The summed E-state index contributed by atoms with van der Waals surface area (Å²) in [5, 5.41) is 16.9. The Morgan fingerprint density at radius 3 is 2.47 bits per heavy atom. The molecule has 8 heteroatoms. The number of thioether (sulfide) groups is 1. The van der Waals surface area contributed by atoms with Gasteiger partial charge in [0.1, 0.15) is 16.5 Å². The molecule has 1 saturated carbocycles. The molecular weight excluding hydrogens is 451 g/mol. The number of fused-ring (bicyclic) bond motifs is 1. The van der Waals surface area contributed by atoms with E-state index in [2.05, 4.69) is 20.8 Å². The van der Waals surface area contributed by atoms with E-state index in [1.165, 1.54) is 23.9 Å². The summed E-state index contributed by atoms with van der Waals surface area (Å²) in [4.78, 5) is 24.8. The minimum atomic E-state index is -0.312. The molecule has 170 valence electrons. The van der Waals surface area contributed by atoms with Crippen molar-refractivity contribution >= 4 is 40.0 Å². The predicted octanol–water partition coefficient (Wildman–Crippen LogP) is 5.06. The third-order valence-electron chi connectivity index (χ3n) is 5.43. The molecule has 0 unspecified atom stereocenters. The molecule has 4 aromatic rings. The lowest BCUT2D eigenvalue weighted by atomic mass is 10.1. The smallest absolute Gasteiger partial charge is 0.251 e. The monoisotopic (exact) mass is 472 g/mol. The van der Waals surface area contributed by atoms with Crippen LogP contribution in [-0.4, -0.2) is 33.8 Å². The summed E-state index contributed by atoms with van der Waals surface area (Å²) in [6, 6.07) is 21.0. The van der Waals surface area contributed by atoms with Gasteiger partial charge in [0.15, 0.2) is 0 Å². The molecule has 6 nitrogen and oxygen atoms in total. The van der Waals surface area contributed by atoms with Crippen LogP contribution in [0.5, 0.6) is 0 Å². The van der Waals surface area contributed by atoms with Gasteiger partial charge in [-0.1, -0.05) is 42.1 Å². The van der Waals surface area contributed by atoms with Gasteiger partial charge in [-0.2, -0.15) is 0 Å². The van der Waals surface area contributed by atoms with E-state index >= 15 is 0 Å². The van der Waals surface area contributed by atoms with Gasteiger partial charge in [-0.3, -0.25) is 9.59 Å². The molecule has 0 atom stereocenters. The molecule has 0 saturated heterocycles. The number of hydrogen-bond donors (Lipinski definition) is 2. The first-order valence-corrected chi connectivity index (χ1v) is 11.9. The van der Waals surface area contributed by atoms with Crippen molar-refractivity contribution in [2.24, 2.45) is 0 Å². The Bertz CT molecular complexity index is 1370. The lowest BCUT2D eigenvalue weighted by molar-refractivity contribution is -0.113. The third-order valence-corrected chi connectivity index (χ3v) is 6.41. The number of anilines is 1. The van der Waals surface area contributed by atoms with Crippen LogP contribution in [-0.2, 0) is 4.79 Å². The maximum absolute atomic E-state index is 13.3. The number of halogens is 1. The van der Waals surface area contributed by atoms with Gasteiger partial charge in [0.2, 0.25) is 5.91 Å². The summed E-state index contributed by atoms with van der Waals surface area (Å²) in [7, 11) is 0. The van der Waals surface area contributed by atoms with Gasteiger partial charge in [0, 0.05) is 33.6 Å². The van der Waals surface area contributed by atoms with Gasteiger partial charge >= 0.3 is 0 Å². The summed E-state index contributed by atoms with van der Waals surface area (Å²) in [6.45, 7) is 0. The Morgan fingerprint density at radius 2 is 1.71 bits per heavy atom. The summed E-state index contributed by atoms with van der Waals surface area (Å²) in [5.74, 6) is -0.518. The number of benzene rings is 3. The molecule has 0 radical (unpaired) electrons. The zero-order chi connectivity index (χ0) is 23.5. The first-order valence-electron chi connectivity index (χ1n) is 10.9. The highest BCUT2D eigenvalue weighted by Crippen LogP contribution is 2.31. The molecule has 2 amide bonds. The van der Waals surface area contributed by atoms with Gasteiger partial charge in [0.25, 0.3) is 5.91 Å². The second-order valence-electron chi connectivity index (χ2n) is 8.07. The number of carbonyl (C=O) groups is 2. The highest BCUT2D eigenvalue weighted by Gasteiger charge is 2.23. The molecule has 1 aromatic heterocycles. The van der Waals surface area contributed by atoms with Crippen LogP contribution in [0, 0.1) is 5.82 Å². The summed E-state index contributed by atoms with van der Waals surface area (Å²) in [5.41, 5.74) is 2.51. The van der Waals surface area contributed by atoms with Gasteiger partial charge < -0.3 is 10.6 Å². The molecule has 0 spiro atoms. The van der Waals surface area contributed by atoms with Crippen molar-refractivity contribution in [3.63, 3.8) is 0 Å². The van der Waals surface area contributed by atoms with Crippen molar-refractivity contribution in [1.29, 1.82) is 0 Å². The van der Waals surface area contributed by atoms with Crippen molar-refractivity contribution in [3.05, 3.63) is 84.2 Å². The average molecular weight is 473 g/mol. The first-order chi connectivity index (χ1) is 16.6. The Kier molecular flexibility index (Phi) is 6.22. The van der Waals surface area contributed by atoms with E-state index < -0.39 is 0 Å². The summed E-state index contributed by atoms with van der Waals surface area (Å²) < 4.78 is 13.3. The fourth-order valence-corrected chi connectivity index (χ4v) is 4.34. The van der Waals surface area contributed by atoms with E-state index in [0.717, 1.165) is 29.2 Å². The van der Waals surface area contributed by atoms with Crippen LogP contribution in [0.4, 0.5) is 10.1 Å². The molecule has 5 rings (SSSR count). The normalized spacial score (nSPS) is 13.0. The lowest BCUT2D eigenvalue weighted by Gasteiger charge is -2.10. The second kappa shape index (κ2) is 9.61. The van der Waals surface area contributed by atoms with Crippen LogP contribution in [0.1, 0.15) is 23.2 Å². The zero-order valence-electron chi connectivity index (χ0n) is 18.1. The molecular formula is C26H21FN4O2S. The molecule has 0 bridgehead atoms. The van der Waals surface area contributed by atoms with Crippen molar-refractivity contribution < 1.29 is 14.0 Å². The average Bonchev–Trinajstić information content (AvgIpc) is 3.67. The predicted molar refractivity (Wildman–Crippen MR) is 131 cm³/mol. The minimum Gasteiger partial charge on any atom is -0.349 e. The molecule has 1 heterocycles. The highest BCUT2D eigenvalue weighted by molar-refractivity contribution is 8.00. The van der Waals surface area contributed by atoms with Gasteiger partial charge in [-0.05, 0) is 55.3 Å². The van der Waals surface area contributed by atoms with E-state index in [9.17, 15) is 14.0 Å². The maximum atomic E-state index is 13.3. The fraction of sp³-hybridized carbons (Fsp3) is 0.154. The Morgan fingerprint density at radius 1 is 0.941 bits per heavy atom. The molecule has 1 aliphatic carbocycles. The van der Waals surface area contributed by atoms with Crippen LogP contribution in [0.2, 0.25) is 0 Å². The molecule has 2 N–H and O–H groups in total. The minimum absolute atomic E-state index is 0.129. The fourth-order valence-electron chi connectivity index (χ4n) is 3.57. The quantitative estimate of drug-likeness (QED) is 0.368. The van der Waals surface area contributed by atoms with E-state index in [4.69, 9.17) is 0 Å². The standard InChI is InChI=1S/C26H21FN4O2S/c27-18-10-8-16(9-11-18)24-21-6-1-2-7-22(21)26(31-30-24)34-15-23(32)28-20-5-3-4-17(14-20)25(33)29-19-12-13-19/h1-11,14,19H,12-13,15H2,(H,28,32)(H,29,33). The molecule has 1 aliphatic rings. The number of hydrogen-bond acceptors (Lipinski definition) is 5. The maximum Gasteiger partial charge on any atom is 0.251 e. The number of carbonyl (C=O) groups excluding carboxylic acids is 2. The Labute approximate surface area is 200 Å². The van der Waals surface area contributed by atoms with E-state index in [1.807, 2.05) is 24.3 Å².